The Kier molecular flexibility index (Phi) is 3.68. The Hall–Kier alpha value is -4.05. The first-order valence-electron chi connectivity index (χ1n) is 8.96. The topological polar surface area (TPSA) is 65.6 Å². The summed E-state index contributed by atoms with van der Waals surface area (Å²) in [5, 5.41) is 8.44. The van der Waals surface area contributed by atoms with Gasteiger partial charge in [0, 0.05) is 12.0 Å². The number of terminal acetylenes is 1. The van der Waals surface area contributed by atoms with Crippen LogP contribution >= 0.6 is 0 Å². The van der Waals surface area contributed by atoms with Crippen molar-refractivity contribution in [3.63, 3.8) is 0 Å². The van der Waals surface area contributed by atoms with Gasteiger partial charge in [0.25, 0.3) is 0 Å². The predicted octanol–water partition coefficient (Wildman–Crippen LogP) is 3.02. The Bertz CT molecular complexity index is 1320. The summed E-state index contributed by atoms with van der Waals surface area (Å²) < 4.78 is 16.9. The predicted molar refractivity (Wildman–Crippen MR) is 104 cm³/mol. The molecule has 29 heavy (non-hydrogen) atoms. The maximum Gasteiger partial charge on any atom is 0.215 e. The average molecular weight is 383 g/mol. The third kappa shape index (κ3) is 2.57. The number of imidazole rings is 1. The second-order valence-corrected chi connectivity index (χ2v) is 6.86. The summed E-state index contributed by atoms with van der Waals surface area (Å²) in [5.41, 5.74) is 5.13. The Morgan fingerprint density at radius 3 is 2.69 bits per heavy atom. The number of carbonyl (C=O) groups excluding carboxylic acids is 1. The highest BCUT2D eigenvalue weighted by Gasteiger charge is 2.28. The first-order chi connectivity index (χ1) is 14.1. The van der Waals surface area contributed by atoms with Crippen LogP contribution in [-0.4, -0.2) is 30.3 Å². The van der Waals surface area contributed by atoms with Crippen LogP contribution in [0.1, 0.15) is 38.7 Å². The van der Waals surface area contributed by atoms with Crippen LogP contribution in [0.15, 0.2) is 48.8 Å². The lowest BCUT2D eigenvalue weighted by atomic mass is 10.0. The summed E-state index contributed by atoms with van der Waals surface area (Å²) in [7, 11) is 0. The second-order valence-electron chi connectivity index (χ2n) is 6.86. The molecule has 2 aromatic carbocycles. The molecule has 0 unspecified atom stereocenters. The van der Waals surface area contributed by atoms with Gasteiger partial charge in [-0.25, -0.2) is 14.1 Å². The number of aryl methyl sites for hydroxylation is 1. The molecule has 0 saturated carbocycles. The van der Waals surface area contributed by atoms with Crippen molar-refractivity contribution in [3.05, 3.63) is 88.5 Å². The zero-order chi connectivity index (χ0) is 20.1. The molecule has 0 fully saturated rings. The van der Waals surface area contributed by atoms with Gasteiger partial charge in [-0.3, -0.25) is 9.36 Å². The minimum absolute atomic E-state index is 0.210. The number of benzene rings is 2. The fourth-order valence-electron chi connectivity index (χ4n) is 3.60. The van der Waals surface area contributed by atoms with E-state index in [1.807, 2.05) is 29.7 Å². The van der Waals surface area contributed by atoms with Crippen molar-refractivity contribution in [1.29, 1.82) is 0 Å². The average Bonchev–Trinajstić information content (AvgIpc) is 3.29. The van der Waals surface area contributed by atoms with E-state index in [9.17, 15) is 9.18 Å². The number of hydrogen-bond donors (Lipinski definition) is 0. The lowest BCUT2D eigenvalue weighted by molar-refractivity contribution is 0.103. The monoisotopic (exact) mass is 383 g/mol. The summed E-state index contributed by atoms with van der Waals surface area (Å²) in [4.78, 5) is 17.4. The normalized spacial score (nSPS) is 11.8. The lowest BCUT2D eigenvalue weighted by Crippen LogP contribution is -2.09. The van der Waals surface area contributed by atoms with Crippen LogP contribution in [0.5, 0.6) is 0 Å². The molecular weight excluding hydrogens is 369 g/mol. The number of ketones is 1. The molecule has 0 amide bonds. The highest BCUT2D eigenvalue weighted by Crippen LogP contribution is 2.31. The smallest absolute Gasteiger partial charge is 0.215 e. The molecule has 0 atom stereocenters. The van der Waals surface area contributed by atoms with Crippen molar-refractivity contribution in [2.75, 3.05) is 0 Å². The molecule has 6 nitrogen and oxygen atoms in total. The third-order valence-electron chi connectivity index (χ3n) is 5.04. The molecule has 1 aliphatic heterocycles. The van der Waals surface area contributed by atoms with Crippen molar-refractivity contribution in [2.24, 2.45) is 0 Å². The zero-order valence-corrected chi connectivity index (χ0v) is 15.4. The second kappa shape index (κ2) is 6.24. The molecule has 0 aliphatic carbocycles. The molecule has 3 heterocycles. The number of halogens is 1. The molecule has 5 rings (SSSR count). The lowest BCUT2D eigenvalue weighted by Gasteiger charge is -2.10. The molecule has 1 aliphatic rings. The van der Waals surface area contributed by atoms with E-state index < -0.39 is 5.82 Å². The van der Waals surface area contributed by atoms with E-state index in [4.69, 9.17) is 6.42 Å². The minimum Gasteiger partial charge on any atom is -0.299 e. The van der Waals surface area contributed by atoms with Crippen molar-refractivity contribution in [2.45, 2.75) is 13.3 Å². The molecule has 7 heteroatoms. The quantitative estimate of drug-likeness (QED) is 0.347. The van der Waals surface area contributed by atoms with Crippen molar-refractivity contribution in [1.82, 2.24) is 24.5 Å². The van der Waals surface area contributed by atoms with Gasteiger partial charge >= 0.3 is 0 Å². The molecule has 140 valence electrons. The molecule has 0 radical (unpaired) electrons. The molecule has 0 spiro atoms. The number of carbonyl (C=O) groups is 1. The van der Waals surface area contributed by atoms with Crippen LogP contribution in [-0.2, 0) is 6.42 Å². The maximum absolute atomic E-state index is 13.3. The van der Waals surface area contributed by atoms with Gasteiger partial charge in [-0.05, 0) is 54.8 Å². The van der Waals surface area contributed by atoms with Gasteiger partial charge in [0.2, 0.25) is 5.78 Å². The van der Waals surface area contributed by atoms with Gasteiger partial charge in [0.15, 0.2) is 5.69 Å². The number of nitrogens with zero attached hydrogens (tertiary/aromatic N) is 5. The summed E-state index contributed by atoms with van der Waals surface area (Å²) in [6.07, 6.45) is 7.66. The van der Waals surface area contributed by atoms with Gasteiger partial charge in [0.05, 0.1) is 22.8 Å². The SMILES string of the molecule is C#Cc1ncn2c1Cc1c(C(=O)c3ccc(F)cc3)nnn1-c1cc(C)ccc1-2. The highest BCUT2D eigenvalue weighted by atomic mass is 19.1. The third-order valence-corrected chi connectivity index (χ3v) is 5.04. The highest BCUT2D eigenvalue weighted by molar-refractivity contribution is 6.08. The van der Waals surface area contributed by atoms with E-state index >= 15 is 0 Å². The number of rotatable bonds is 2. The number of fused-ring (bicyclic) bond motifs is 5. The molecule has 4 aromatic rings. The molecule has 0 bridgehead atoms. The van der Waals surface area contributed by atoms with Gasteiger partial charge < -0.3 is 0 Å². The Morgan fingerprint density at radius 2 is 1.93 bits per heavy atom. The van der Waals surface area contributed by atoms with E-state index in [0.29, 0.717) is 23.4 Å². The van der Waals surface area contributed by atoms with Gasteiger partial charge in [0.1, 0.15) is 17.8 Å². The largest absolute Gasteiger partial charge is 0.299 e. The molecular formula is C22H14FN5O. The zero-order valence-electron chi connectivity index (χ0n) is 15.4. The van der Waals surface area contributed by atoms with Gasteiger partial charge in [-0.2, -0.15) is 0 Å². The number of hydrogen-bond acceptors (Lipinski definition) is 4. The summed E-state index contributed by atoms with van der Waals surface area (Å²) in [5.74, 6) is 1.88. The molecule has 0 N–H and O–H groups in total. The van der Waals surface area contributed by atoms with E-state index in [1.54, 1.807) is 11.0 Å². The van der Waals surface area contributed by atoms with Gasteiger partial charge in [-0.1, -0.05) is 11.3 Å². The van der Waals surface area contributed by atoms with E-state index in [-0.39, 0.29) is 11.5 Å². The summed E-state index contributed by atoms with van der Waals surface area (Å²) >= 11 is 0. The van der Waals surface area contributed by atoms with Crippen LogP contribution in [0.2, 0.25) is 0 Å². The maximum atomic E-state index is 13.3. The summed E-state index contributed by atoms with van der Waals surface area (Å²) in [6.45, 7) is 1.98. The number of aromatic nitrogens is 5. The van der Waals surface area contributed by atoms with Crippen LogP contribution in [0, 0.1) is 25.1 Å². The summed E-state index contributed by atoms with van der Waals surface area (Å²) in [6, 6.07) is 11.3. The van der Waals surface area contributed by atoms with E-state index in [0.717, 1.165) is 22.6 Å². The van der Waals surface area contributed by atoms with Crippen molar-refractivity contribution >= 4 is 5.78 Å². The van der Waals surface area contributed by atoms with Crippen molar-refractivity contribution < 1.29 is 9.18 Å². The van der Waals surface area contributed by atoms with E-state index in [2.05, 4.69) is 21.2 Å². The minimum atomic E-state index is -0.407. The fourth-order valence-corrected chi connectivity index (χ4v) is 3.60. The first-order valence-corrected chi connectivity index (χ1v) is 8.96. The van der Waals surface area contributed by atoms with Crippen LogP contribution in [0.4, 0.5) is 4.39 Å². The Balaban J connectivity index is 1.75. The van der Waals surface area contributed by atoms with Crippen molar-refractivity contribution in [3.8, 4) is 23.7 Å². The first kappa shape index (κ1) is 17.1. The van der Waals surface area contributed by atoms with E-state index in [1.165, 1.54) is 24.3 Å². The Morgan fingerprint density at radius 1 is 1.14 bits per heavy atom. The van der Waals surface area contributed by atoms with Crippen LogP contribution < -0.4 is 0 Å². The molecule has 2 aromatic heterocycles. The van der Waals surface area contributed by atoms with Crippen LogP contribution in [0.25, 0.3) is 11.4 Å². The standard InChI is InChI=1S/C22H14FN5O/c1-3-16-18-11-20-21(22(29)14-5-7-15(23)8-6-14)25-26-28(20)19-10-13(2)4-9-17(19)27(18)12-24-16/h1,4-10,12H,11H2,2H3. The van der Waals surface area contributed by atoms with Gasteiger partial charge in [-0.15, -0.1) is 11.5 Å². The fraction of sp³-hybridized carbons (Fsp3) is 0.0909. The Labute approximate surface area is 165 Å². The molecule has 0 saturated heterocycles. The van der Waals surface area contributed by atoms with Crippen LogP contribution in [0.3, 0.4) is 0 Å².